The van der Waals surface area contributed by atoms with Gasteiger partial charge in [-0.05, 0) is 43.3 Å². The molecule has 0 radical (unpaired) electrons. The van der Waals surface area contributed by atoms with Crippen LogP contribution in [0.2, 0.25) is 5.02 Å². The van der Waals surface area contributed by atoms with Gasteiger partial charge in [0.15, 0.2) is 11.6 Å². The summed E-state index contributed by atoms with van der Waals surface area (Å²) in [5.41, 5.74) is 2.82. The lowest BCUT2D eigenvalue weighted by Gasteiger charge is -2.01. The largest absolute Gasteiger partial charge is 0.293 e. The first-order chi connectivity index (χ1) is 11.5. The average Bonchev–Trinajstić information content (AvgIpc) is 3.01. The Balaban J connectivity index is 2.06. The Bertz CT molecular complexity index is 910. The van der Waals surface area contributed by atoms with E-state index < -0.39 is 0 Å². The molecule has 5 heteroatoms. The van der Waals surface area contributed by atoms with Crippen molar-refractivity contribution in [2.75, 3.05) is 0 Å². The van der Waals surface area contributed by atoms with Crippen LogP contribution in [-0.2, 0) is 0 Å². The van der Waals surface area contributed by atoms with Crippen LogP contribution in [0.3, 0.4) is 0 Å². The summed E-state index contributed by atoms with van der Waals surface area (Å²) in [6, 6.07) is 14.2. The quantitative estimate of drug-likeness (QED) is 0.667. The molecular weight excluding hydrogens is 324 g/mol. The Morgan fingerprint density at radius 1 is 1.00 bits per heavy atom. The van der Waals surface area contributed by atoms with Crippen LogP contribution in [0.5, 0.6) is 0 Å². The molecule has 3 rings (SSSR count). The second-order valence-corrected chi connectivity index (χ2v) is 6.00. The van der Waals surface area contributed by atoms with Crippen LogP contribution >= 0.6 is 11.6 Å². The minimum atomic E-state index is -0.254. The molecular formula is C19H15ClN2O2. The van der Waals surface area contributed by atoms with Crippen LogP contribution in [0.25, 0.3) is 5.69 Å². The molecule has 1 aromatic heterocycles. The van der Waals surface area contributed by atoms with E-state index in [0.29, 0.717) is 10.6 Å². The van der Waals surface area contributed by atoms with Crippen LogP contribution in [0.4, 0.5) is 0 Å². The Labute approximate surface area is 144 Å². The van der Waals surface area contributed by atoms with Crippen molar-refractivity contribution in [2.24, 2.45) is 0 Å². The molecule has 4 nitrogen and oxygen atoms in total. The van der Waals surface area contributed by atoms with E-state index in [-0.39, 0.29) is 22.8 Å². The van der Waals surface area contributed by atoms with Gasteiger partial charge in [0.25, 0.3) is 0 Å². The molecule has 0 spiro atoms. The van der Waals surface area contributed by atoms with Gasteiger partial charge >= 0.3 is 0 Å². The van der Waals surface area contributed by atoms with Crippen molar-refractivity contribution in [1.82, 2.24) is 9.78 Å². The molecule has 24 heavy (non-hydrogen) atoms. The normalized spacial score (nSPS) is 10.6. The Morgan fingerprint density at radius 3 is 2.21 bits per heavy atom. The van der Waals surface area contributed by atoms with E-state index in [1.54, 1.807) is 35.1 Å². The number of hydrogen-bond acceptors (Lipinski definition) is 3. The molecule has 0 N–H and O–H groups in total. The fraction of sp³-hybridized carbons (Fsp3) is 0.105. The SMILES string of the molecule is CC(=O)c1nn(-c2ccc(C)cc2)cc1C(=O)c1ccc(Cl)cc1. The summed E-state index contributed by atoms with van der Waals surface area (Å²) < 4.78 is 1.55. The van der Waals surface area contributed by atoms with Crippen molar-refractivity contribution >= 4 is 23.2 Å². The third-order valence-corrected chi connectivity index (χ3v) is 3.95. The van der Waals surface area contributed by atoms with Gasteiger partial charge in [-0.3, -0.25) is 9.59 Å². The number of halogens is 1. The molecule has 0 fully saturated rings. The molecule has 0 bridgehead atoms. The molecule has 0 atom stereocenters. The van der Waals surface area contributed by atoms with Crippen LogP contribution in [0.1, 0.15) is 38.9 Å². The van der Waals surface area contributed by atoms with Crippen molar-refractivity contribution in [2.45, 2.75) is 13.8 Å². The second-order valence-electron chi connectivity index (χ2n) is 5.56. The first kappa shape index (κ1) is 16.1. The standard InChI is InChI=1S/C19H15ClN2O2/c1-12-3-9-16(10-4-12)22-11-17(18(21-22)13(2)23)19(24)14-5-7-15(20)8-6-14/h3-11H,1-2H3. The van der Waals surface area contributed by atoms with Crippen molar-refractivity contribution in [3.05, 3.63) is 82.1 Å². The van der Waals surface area contributed by atoms with Crippen LogP contribution in [-0.4, -0.2) is 21.3 Å². The zero-order valence-corrected chi connectivity index (χ0v) is 14.0. The average molecular weight is 339 g/mol. The first-order valence-corrected chi connectivity index (χ1v) is 7.81. The number of hydrogen-bond donors (Lipinski definition) is 0. The highest BCUT2D eigenvalue weighted by molar-refractivity contribution is 6.30. The maximum Gasteiger partial charge on any atom is 0.196 e. The predicted octanol–water partition coefficient (Wildman–Crippen LogP) is 4.27. The smallest absolute Gasteiger partial charge is 0.196 e. The maximum atomic E-state index is 12.7. The molecule has 0 aliphatic heterocycles. The number of carbonyl (C=O) groups excluding carboxylic acids is 2. The third kappa shape index (κ3) is 3.14. The van der Waals surface area contributed by atoms with Crippen LogP contribution < -0.4 is 0 Å². The highest BCUT2D eigenvalue weighted by atomic mass is 35.5. The Morgan fingerprint density at radius 2 is 1.62 bits per heavy atom. The van der Waals surface area contributed by atoms with Gasteiger partial charge in [0.2, 0.25) is 0 Å². The number of benzene rings is 2. The van der Waals surface area contributed by atoms with Gasteiger partial charge in [0.1, 0.15) is 5.69 Å². The number of rotatable bonds is 4. The number of ketones is 2. The van der Waals surface area contributed by atoms with Crippen LogP contribution in [0.15, 0.2) is 54.7 Å². The van der Waals surface area contributed by atoms with E-state index in [0.717, 1.165) is 11.3 Å². The summed E-state index contributed by atoms with van der Waals surface area (Å²) in [5, 5.41) is 4.84. The predicted molar refractivity (Wildman–Crippen MR) is 93.2 cm³/mol. The molecule has 3 aromatic rings. The first-order valence-electron chi connectivity index (χ1n) is 7.43. The number of aromatic nitrogens is 2. The van der Waals surface area contributed by atoms with Gasteiger partial charge < -0.3 is 0 Å². The molecule has 0 aliphatic carbocycles. The zero-order valence-electron chi connectivity index (χ0n) is 13.3. The lowest BCUT2D eigenvalue weighted by molar-refractivity contribution is 0.0987. The third-order valence-electron chi connectivity index (χ3n) is 3.70. The molecule has 0 saturated heterocycles. The maximum absolute atomic E-state index is 12.7. The molecule has 0 aliphatic rings. The van der Waals surface area contributed by atoms with E-state index in [1.807, 2.05) is 31.2 Å². The highest BCUT2D eigenvalue weighted by Gasteiger charge is 2.21. The van der Waals surface area contributed by atoms with E-state index in [1.165, 1.54) is 6.92 Å². The van der Waals surface area contributed by atoms with Crippen molar-refractivity contribution in [3.63, 3.8) is 0 Å². The van der Waals surface area contributed by atoms with Crippen molar-refractivity contribution in [1.29, 1.82) is 0 Å². The molecule has 0 saturated carbocycles. The summed E-state index contributed by atoms with van der Waals surface area (Å²) in [5.74, 6) is -0.506. The summed E-state index contributed by atoms with van der Waals surface area (Å²) in [4.78, 5) is 24.6. The number of aryl methyl sites for hydroxylation is 1. The van der Waals surface area contributed by atoms with E-state index in [2.05, 4.69) is 5.10 Å². The van der Waals surface area contributed by atoms with Gasteiger partial charge in [-0.1, -0.05) is 29.3 Å². The molecule has 120 valence electrons. The molecule has 0 unspecified atom stereocenters. The monoisotopic (exact) mass is 338 g/mol. The minimum Gasteiger partial charge on any atom is -0.293 e. The molecule has 1 heterocycles. The number of carbonyl (C=O) groups is 2. The zero-order chi connectivity index (χ0) is 17.3. The van der Waals surface area contributed by atoms with E-state index in [9.17, 15) is 9.59 Å². The van der Waals surface area contributed by atoms with E-state index in [4.69, 9.17) is 11.6 Å². The van der Waals surface area contributed by atoms with Crippen molar-refractivity contribution < 1.29 is 9.59 Å². The summed E-state index contributed by atoms with van der Waals surface area (Å²) in [6.45, 7) is 3.39. The molecule has 2 aromatic carbocycles. The van der Waals surface area contributed by atoms with Gasteiger partial charge in [0.05, 0.1) is 11.3 Å². The Hall–Kier alpha value is -2.72. The van der Waals surface area contributed by atoms with E-state index >= 15 is 0 Å². The lowest BCUT2D eigenvalue weighted by atomic mass is 10.0. The van der Waals surface area contributed by atoms with Gasteiger partial charge in [-0.25, -0.2) is 4.68 Å². The van der Waals surface area contributed by atoms with Crippen LogP contribution in [0, 0.1) is 6.92 Å². The summed E-state index contributed by atoms with van der Waals surface area (Å²) >= 11 is 5.86. The number of nitrogens with zero attached hydrogens (tertiary/aromatic N) is 2. The lowest BCUT2D eigenvalue weighted by Crippen LogP contribution is -2.06. The summed E-state index contributed by atoms with van der Waals surface area (Å²) in [6.07, 6.45) is 1.60. The number of Topliss-reactive ketones (excluding diaryl/α,β-unsaturated/α-hetero) is 1. The minimum absolute atomic E-state index is 0.163. The molecule has 0 amide bonds. The second kappa shape index (κ2) is 6.42. The van der Waals surface area contributed by atoms with Gasteiger partial charge in [0, 0.05) is 23.7 Å². The summed E-state index contributed by atoms with van der Waals surface area (Å²) in [7, 11) is 0. The fourth-order valence-corrected chi connectivity index (χ4v) is 2.51. The van der Waals surface area contributed by atoms with Gasteiger partial charge in [-0.2, -0.15) is 5.10 Å². The fourth-order valence-electron chi connectivity index (χ4n) is 2.39. The van der Waals surface area contributed by atoms with Crippen molar-refractivity contribution in [3.8, 4) is 5.69 Å². The Kier molecular flexibility index (Phi) is 4.32. The van der Waals surface area contributed by atoms with Gasteiger partial charge in [-0.15, -0.1) is 0 Å². The topological polar surface area (TPSA) is 52.0 Å². The highest BCUT2D eigenvalue weighted by Crippen LogP contribution is 2.19.